The van der Waals surface area contributed by atoms with Gasteiger partial charge in [0.15, 0.2) is 11.5 Å². The predicted molar refractivity (Wildman–Crippen MR) is 87.0 cm³/mol. The molecule has 0 saturated carbocycles. The van der Waals surface area contributed by atoms with Crippen LogP contribution < -0.4 is 19.9 Å². The monoisotopic (exact) mass is 314 g/mol. The van der Waals surface area contributed by atoms with Crippen molar-refractivity contribution in [3.8, 4) is 17.2 Å². The number of ether oxygens (including phenoxy) is 3. The van der Waals surface area contributed by atoms with Crippen LogP contribution >= 0.6 is 0 Å². The Morgan fingerprint density at radius 1 is 1.09 bits per heavy atom. The Balaban J connectivity index is 1.75. The van der Waals surface area contributed by atoms with Crippen molar-refractivity contribution in [1.29, 1.82) is 0 Å². The molecule has 1 heterocycles. The van der Waals surface area contributed by atoms with Crippen LogP contribution in [0.3, 0.4) is 0 Å². The average Bonchev–Trinajstić information content (AvgIpc) is 2.95. The highest BCUT2D eigenvalue weighted by atomic mass is 16.5. The molecule has 0 aliphatic carbocycles. The number of aromatic nitrogens is 3. The van der Waals surface area contributed by atoms with Crippen molar-refractivity contribution in [2.45, 2.75) is 6.54 Å². The van der Waals surface area contributed by atoms with Crippen LogP contribution in [0.2, 0.25) is 0 Å². The highest BCUT2D eigenvalue weighted by Gasteiger charge is 2.11. The number of hydrogen-bond acceptors (Lipinski definition) is 6. The summed E-state index contributed by atoms with van der Waals surface area (Å²) in [6, 6.07) is 11.0. The molecule has 120 valence electrons. The molecule has 0 spiro atoms. The number of nitrogen functional groups attached to an aromatic ring is 1. The van der Waals surface area contributed by atoms with Crippen LogP contribution in [0.1, 0.15) is 0 Å². The predicted octanol–water partition coefficient (Wildman–Crippen LogP) is 2.11. The molecule has 0 fully saturated rings. The lowest BCUT2D eigenvalue weighted by Crippen LogP contribution is -2.09. The maximum atomic E-state index is 5.73. The average molecular weight is 314 g/mol. The van der Waals surface area contributed by atoms with Crippen LogP contribution in [0, 0.1) is 0 Å². The minimum absolute atomic E-state index is 0.455. The van der Waals surface area contributed by atoms with Gasteiger partial charge in [-0.2, -0.15) is 0 Å². The lowest BCUT2D eigenvalue weighted by Gasteiger charge is -2.09. The molecule has 0 aliphatic rings. The lowest BCUT2D eigenvalue weighted by molar-refractivity contribution is 0.292. The lowest BCUT2D eigenvalue weighted by atomic mass is 10.2. The van der Waals surface area contributed by atoms with E-state index in [2.05, 4.69) is 10.3 Å². The summed E-state index contributed by atoms with van der Waals surface area (Å²) in [6.07, 6.45) is 0. The van der Waals surface area contributed by atoms with Gasteiger partial charge in [-0.1, -0.05) is 11.3 Å². The standard InChI is InChI=1S/C16H18N4O3/c1-21-15-9-13-14(10-16(15)22-2)20(19-18-13)6-7-23-12-5-3-4-11(17)8-12/h3-5,8-10H,6-7,17H2,1-2H3. The van der Waals surface area contributed by atoms with Gasteiger partial charge in [0.1, 0.15) is 17.9 Å². The summed E-state index contributed by atoms with van der Waals surface area (Å²) in [5.74, 6) is 2.00. The summed E-state index contributed by atoms with van der Waals surface area (Å²) in [6.45, 7) is 1.01. The maximum absolute atomic E-state index is 5.73. The minimum atomic E-state index is 0.455. The van der Waals surface area contributed by atoms with Gasteiger partial charge >= 0.3 is 0 Å². The van der Waals surface area contributed by atoms with Gasteiger partial charge in [-0.3, -0.25) is 0 Å². The van der Waals surface area contributed by atoms with Crippen molar-refractivity contribution in [3.05, 3.63) is 36.4 Å². The molecule has 3 aromatic rings. The summed E-state index contributed by atoms with van der Waals surface area (Å²) < 4.78 is 18.0. The van der Waals surface area contributed by atoms with Crippen molar-refractivity contribution in [2.75, 3.05) is 26.6 Å². The molecule has 0 amide bonds. The third-order valence-corrected chi connectivity index (χ3v) is 3.45. The number of benzene rings is 2. The fraction of sp³-hybridized carbons (Fsp3) is 0.250. The number of methoxy groups -OCH3 is 2. The quantitative estimate of drug-likeness (QED) is 0.702. The topological polar surface area (TPSA) is 84.4 Å². The summed E-state index contributed by atoms with van der Waals surface area (Å²) in [5, 5.41) is 8.29. The largest absolute Gasteiger partial charge is 0.493 e. The second kappa shape index (κ2) is 6.43. The molecular weight excluding hydrogens is 296 g/mol. The summed E-state index contributed by atoms with van der Waals surface area (Å²) >= 11 is 0. The molecule has 23 heavy (non-hydrogen) atoms. The van der Waals surface area contributed by atoms with Gasteiger partial charge in [-0.25, -0.2) is 4.68 Å². The highest BCUT2D eigenvalue weighted by molar-refractivity contribution is 5.79. The van der Waals surface area contributed by atoms with Crippen LogP contribution in [0.4, 0.5) is 5.69 Å². The van der Waals surface area contributed by atoms with E-state index in [1.54, 1.807) is 31.0 Å². The molecule has 0 radical (unpaired) electrons. The molecule has 2 N–H and O–H groups in total. The van der Waals surface area contributed by atoms with E-state index in [4.69, 9.17) is 19.9 Å². The van der Waals surface area contributed by atoms with Gasteiger partial charge in [0.2, 0.25) is 0 Å². The Morgan fingerprint density at radius 2 is 1.87 bits per heavy atom. The van der Waals surface area contributed by atoms with E-state index in [-0.39, 0.29) is 0 Å². The molecular formula is C16H18N4O3. The Labute approximate surface area is 133 Å². The number of nitrogens with zero attached hydrogens (tertiary/aromatic N) is 3. The minimum Gasteiger partial charge on any atom is -0.493 e. The first-order chi connectivity index (χ1) is 11.2. The zero-order valence-corrected chi connectivity index (χ0v) is 13.0. The van der Waals surface area contributed by atoms with Crippen LogP contribution in [0.25, 0.3) is 11.0 Å². The van der Waals surface area contributed by atoms with Gasteiger partial charge in [-0.15, -0.1) is 5.10 Å². The molecule has 0 atom stereocenters. The first kappa shape index (κ1) is 15.0. The molecule has 0 saturated heterocycles. The van der Waals surface area contributed by atoms with E-state index in [0.29, 0.717) is 30.3 Å². The van der Waals surface area contributed by atoms with Crippen molar-refractivity contribution >= 4 is 16.7 Å². The van der Waals surface area contributed by atoms with E-state index in [0.717, 1.165) is 16.8 Å². The molecule has 0 aliphatic heterocycles. The molecule has 0 unspecified atom stereocenters. The molecule has 7 nitrogen and oxygen atoms in total. The van der Waals surface area contributed by atoms with Crippen LogP contribution in [0.15, 0.2) is 36.4 Å². The van der Waals surface area contributed by atoms with Crippen molar-refractivity contribution < 1.29 is 14.2 Å². The fourth-order valence-electron chi connectivity index (χ4n) is 2.31. The number of anilines is 1. The van der Waals surface area contributed by atoms with Crippen LogP contribution in [-0.2, 0) is 6.54 Å². The van der Waals surface area contributed by atoms with E-state index in [1.165, 1.54) is 0 Å². The van der Waals surface area contributed by atoms with Gasteiger partial charge in [0.25, 0.3) is 0 Å². The van der Waals surface area contributed by atoms with Crippen molar-refractivity contribution in [1.82, 2.24) is 15.0 Å². The highest BCUT2D eigenvalue weighted by Crippen LogP contribution is 2.31. The second-order valence-corrected chi connectivity index (χ2v) is 4.93. The van der Waals surface area contributed by atoms with Crippen molar-refractivity contribution in [2.24, 2.45) is 0 Å². The van der Waals surface area contributed by atoms with E-state index in [9.17, 15) is 0 Å². The molecule has 0 bridgehead atoms. The first-order valence-electron chi connectivity index (χ1n) is 7.15. The molecule has 7 heteroatoms. The van der Waals surface area contributed by atoms with Crippen molar-refractivity contribution in [3.63, 3.8) is 0 Å². The van der Waals surface area contributed by atoms with E-state index in [1.807, 2.05) is 24.3 Å². The summed E-state index contributed by atoms with van der Waals surface area (Å²) in [7, 11) is 3.19. The van der Waals surface area contributed by atoms with Gasteiger partial charge in [0.05, 0.1) is 26.3 Å². The van der Waals surface area contributed by atoms with Gasteiger partial charge in [0, 0.05) is 23.9 Å². The number of fused-ring (bicyclic) bond motifs is 1. The van der Waals surface area contributed by atoms with Gasteiger partial charge < -0.3 is 19.9 Å². The molecule has 1 aromatic heterocycles. The van der Waals surface area contributed by atoms with E-state index >= 15 is 0 Å². The van der Waals surface area contributed by atoms with Crippen LogP contribution in [-0.4, -0.2) is 35.8 Å². The Hall–Kier alpha value is -2.96. The first-order valence-corrected chi connectivity index (χ1v) is 7.15. The number of nitrogens with two attached hydrogens (primary N) is 1. The second-order valence-electron chi connectivity index (χ2n) is 4.93. The Bertz CT molecular complexity index is 816. The molecule has 3 rings (SSSR count). The zero-order chi connectivity index (χ0) is 16.2. The Morgan fingerprint density at radius 3 is 2.61 bits per heavy atom. The maximum Gasteiger partial charge on any atom is 0.163 e. The third-order valence-electron chi connectivity index (χ3n) is 3.45. The Kier molecular flexibility index (Phi) is 4.18. The number of hydrogen-bond donors (Lipinski definition) is 1. The molecule has 2 aromatic carbocycles. The van der Waals surface area contributed by atoms with Crippen LogP contribution in [0.5, 0.6) is 17.2 Å². The van der Waals surface area contributed by atoms with E-state index < -0.39 is 0 Å². The zero-order valence-electron chi connectivity index (χ0n) is 13.0. The smallest absolute Gasteiger partial charge is 0.163 e. The van der Waals surface area contributed by atoms with Gasteiger partial charge in [-0.05, 0) is 12.1 Å². The normalized spacial score (nSPS) is 10.7. The summed E-state index contributed by atoms with van der Waals surface area (Å²) in [4.78, 5) is 0. The SMILES string of the molecule is COc1cc2nnn(CCOc3cccc(N)c3)c2cc1OC. The third kappa shape index (κ3) is 3.13. The number of rotatable bonds is 6. The summed E-state index contributed by atoms with van der Waals surface area (Å²) in [5.41, 5.74) is 8.00. The fourth-order valence-corrected chi connectivity index (χ4v) is 2.31.